The van der Waals surface area contributed by atoms with Gasteiger partial charge in [0.2, 0.25) is 0 Å². The van der Waals surface area contributed by atoms with Crippen LogP contribution in [0.3, 0.4) is 0 Å². The maximum Gasteiger partial charge on any atom is 0.135 e. The average Bonchev–Trinajstić information content (AvgIpc) is 3.83. The molecule has 0 unspecified atom stereocenters. The summed E-state index contributed by atoms with van der Waals surface area (Å²) in [6.45, 7) is 27.3. The summed E-state index contributed by atoms with van der Waals surface area (Å²) in [5.41, 5.74) is 12.3. The molecule has 5 nitrogen and oxygen atoms in total. The van der Waals surface area contributed by atoms with Gasteiger partial charge in [0.15, 0.2) is 0 Å². The Morgan fingerprint density at radius 2 is 1.14 bits per heavy atom. The maximum absolute atomic E-state index is 6.89. The van der Waals surface area contributed by atoms with Crippen LogP contribution in [-0.2, 0) is 42.7 Å². The number of aromatic nitrogens is 2. The Balaban J connectivity index is 0.00000576. The zero-order chi connectivity index (χ0) is 45.2. The molecule has 3 heterocycles. The van der Waals surface area contributed by atoms with Crippen molar-refractivity contribution in [2.75, 3.05) is 9.80 Å². The molecule has 6 heteroatoms. The van der Waals surface area contributed by atoms with Crippen LogP contribution in [0, 0.1) is 18.8 Å². The number of para-hydroxylation sites is 3. The Hall–Kier alpha value is -5.64. The average molecular weight is 1040 g/mol. The van der Waals surface area contributed by atoms with Gasteiger partial charge >= 0.3 is 0 Å². The van der Waals surface area contributed by atoms with E-state index in [9.17, 15) is 0 Å². The van der Waals surface area contributed by atoms with Crippen LogP contribution in [0.1, 0.15) is 117 Å². The van der Waals surface area contributed by atoms with E-state index in [0.717, 1.165) is 68.8 Å². The second-order valence-electron chi connectivity index (χ2n) is 20.6. The molecule has 6 aromatic carbocycles. The molecule has 65 heavy (non-hydrogen) atoms. The van der Waals surface area contributed by atoms with Crippen molar-refractivity contribution in [1.82, 2.24) is 9.55 Å². The van der Waals surface area contributed by atoms with Crippen molar-refractivity contribution in [3.63, 3.8) is 0 Å². The molecule has 0 amide bonds. The minimum Gasteiger partial charge on any atom is -0.509 e. The number of benzene rings is 6. The Morgan fingerprint density at radius 1 is 0.538 bits per heavy atom. The Morgan fingerprint density at radius 3 is 1.78 bits per heavy atom. The summed E-state index contributed by atoms with van der Waals surface area (Å²) < 4.78 is 9.13. The number of fused-ring (bicyclic) bond motifs is 4. The van der Waals surface area contributed by atoms with E-state index in [1.807, 2.05) is 12.3 Å². The van der Waals surface area contributed by atoms with Crippen molar-refractivity contribution in [3.05, 3.63) is 186 Å². The van der Waals surface area contributed by atoms with E-state index in [-0.39, 0.29) is 42.7 Å². The molecule has 336 valence electrons. The molecule has 9 rings (SSSR count). The summed E-state index contributed by atoms with van der Waals surface area (Å²) in [4.78, 5) is 9.61. The van der Waals surface area contributed by atoms with Crippen LogP contribution in [0.2, 0.25) is 0 Å². The van der Waals surface area contributed by atoms with E-state index in [0.29, 0.717) is 11.5 Å². The first kappa shape index (κ1) is 45.9. The molecule has 0 fully saturated rings. The normalized spacial score (nSPS) is 13.3. The SMILES string of the molecule is CCC(CC)(c1ccccc1)c1ccnc(-n2c3[c-]c(Oc4[c-]c(N5[CH-]N(c6cc(C(C)(C)C)cc(C(C)(C)C)c6)c6ccccc65)cc(C(C)(C)C)c4)ccc3c3ccccc32)c1.[Pt]. The van der Waals surface area contributed by atoms with Crippen LogP contribution in [0.5, 0.6) is 11.5 Å². The topological polar surface area (TPSA) is 33.5 Å². The van der Waals surface area contributed by atoms with E-state index < -0.39 is 0 Å². The third kappa shape index (κ3) is 8.54. The van der Waals surface area contributed by atoms with Gasteiger partial charge in [-0.25, -0.2) is 4.98 Å². The molecular formula is C59H61N4OPt-3. The number of nitrogens with zero attached hydrogens (tertiary/aromatic N) is 4. The zero-order valence-corrected chi connectivity index (χ0v) is 42.1. The molecule has 0 bridgehead atoms. The third-order valence-electron chi connectivity index (χ3n) is 13.4. The second-order valence-corrected chi connectivity index (χ2v) is 20.6. The minimum absolute atomic E-state index is 0. The number of pyridine rings is 1. The molecule has 0 saturated heterocycles. The summed E-state index contributed by atoms with van der Waals surface area (Å²) in [6.07, 6.45) is 3.91. The molecule has 0 aliphatic carbocycles. The van der Waals surface area contributed by atoms with Gasteiger partial charge < -0.3 is 19.1 Å². The molecule has 0 N–H and O–H groups in total. The van der Waals surface area contributed by atoms with Crippen LogP contribution < -0.4 is 14.5 Å². The summed E-state index contributed by atoms with van der Waals surface area (Å²) in [6, 6.07) is 55.6. The van der Waals surface area contributed by atoms with Gasteiger partial charge in [-0.2, -0.15) is 6.07 Å². The van der Waals surface area contributed by atoms with Crippen LogP contribution in [-0.4, -0.2) is 9.55 Å². The molecule has 1 aliphatic heterocycles. The monoisotopic (exact) mass is 1040 g/mol. The first-order valence-corrected chi connectivity index (χ1v) is 22.9. The molecule has 0 spiro atoms. The molecule has 2 aromatic heterocycles. The Labute approximate surface area is 401 Å². The van der Waals surface area contributed by atoms with E-state index >= 15 is 0 Å². The zero-order valence-electron chi connectivity index (χ0n) is 39.8. The van der Waals surface area contributed by atoms with Crippen molar-refractivity contribution >= 4 is 44.6 Å². The third-order valence-corrected chi connectivity index (χ3v) is 13.4. The first-order valence-electron chi connectivity index (χ1n) is 22.9. The summed E-state index contributed by atoms with van der Waals surface area (Å²) in [5, 5.41) is 2.24. The van der Waals surface area contributed by atoms with E-state index in [1.165, 1.54) is 22.3 Å². The van der Waals surface area contributed by atoms with Crippen molar-refractivity contribution in [2.24, 2.45) is 0 Å². The van der Waals surface area contributed by atoms with Gasteiger partial charge in [-0.05, 0) is 99.2 Å². The van der Waals surface area contributed by atoms with E-state index in [1.54, 1.807) is 0 Å². The molecule has 0 atom stereocenters. The van der Waals surface area contributed by atoms with Gasteiger partial charge in [0.1, 0.15) is 5.82 Å². The molecule has 8 aromatic rings. The Bertz CT molecular complexity index is 2960. The molecule has 0 radical (unpaired) electrons. The van der Waals surface area contributed by atoms with E-state index in [2.05, 4.69) is 237 Å². The smallest absolute Gasteiger partial charge is 0.135 e. The van der Waals surface area contributed by atoms with Gasteiger partial charge in [-0.1, -0.05) is 148 Å². The maximum atomic E-state index is 6.89. The van der Waals surface area contributed by atoms with Gasteiger partial charge in [0.05, 0.1) is 0 Å². The number of ether oxygens (including phenoxy) is 1. The van der Waals surface area contributed by atoms with Gasteiger partial charge in [0.25, 0.3) is 0 Å². The van der Waals surface area contributed by atoms with Crippen molar-refractivity contribution in [1.29, 1.82) is 0 Å². The van der Waals surface area contributed by atoms with Crippen LogP contribution in [0.25, 0.3) is 27.6 Å². The Kier molecular flexibility index (Phi) is 12.2. The molecular weight excluding hydrogens is 976 g/mol. The predicted molar refractivity (Wildman–Crippen MR) is 268 cm³/mol. The van der Waals surface area contributed by atoms with E-state index in [4.69, 9.17) is 9.72 Å². The standard InChI is InChI=1S/C59H61N4O.Pt/c1-12-59(13-2,40-21-15-14-16-22-40)41-29-30-60-55(36-41)63-51-24-18-17-23-49(51)50-28-27-47(38-54(50)63)64-48-35-44(58(9,10)11)34-46(37-48)62-39-61(52-25-19-20-26-53(52)62)45-32-42(56(3,4)5)31-43(33-45)57(6,7)8;/h14-36,39H,12-13H2,1-11H3;/q-3;. The van der Waals surface area contributed by atoms with Crippen molar-refractivity contribution in [2.45, 2.75) is 111 Å². The number of anilines is 4. The largest absolute Gasteiger partial charge is 0.509 e. The number of rotatable bonds is 9. The van der Waals surface area contributed by atoms with Crippen molar-refractivity contribution in [3.8, 4) is 17.3 Å². The van der Waals surface area contributed by atoms with Gasteiger partial charge in [-0.3, -0.25) is 0 Å². The van der Waals surface area contributed by atoms with Gasteiger partial charge in [0, 0.05) is 66.8 Å². The fraction of sp³-hybridized carbons (Fsp3) is 0.288. The van der Waals surface area contributed by atoms with Gasteiger partial charge in [-0.15, -0.1) is 53.6 Å². The number of hydrogen-bond acceptors (Lipinski definition) is 4. The first-order chi connectivity index (χ1) is 30.5. The minimum atomic E-state index is -0.160. The fourth-order valence-corrected chi connectivity index (χ4v) is 9.39. The quantitative estimate of drug-likeness (QED) is 0.135. The summed E-state index contributed by atoms with van der Waals surface area (Å²) >= 11 is 0. The fourth-order valence-electron chi connectivity index (χ4n) is 9.39. The van der Waals surface area contributed by atoms with Crippen LogP contribution in [0.15, 0.2) is 140 Å². The summed E-state index contributed by atoms with van der Waals surface area (Å²) in [5.74, 6) is 2.11. The number of hydrogen-bond donors (Lipinski definition) is 0. The van der Waals surface area contributed by atoms with Crippen LogP contribution in [0.4, 0.5) is 22.7 Å². The van der Waals surface area contributed by atoms with Crippen LogP contribution >= 0.6 is 0 Å². The summed E-state index contributed by atoms with van der Waals surface area (Å²) in [7, 11) is 0. The molecule has 0 saturated carbocycles. The predicted octanol–water partition coefficient (Wildman–Crippen LogP) is 16.0. The molecule has 1 aliphatic rings. The van der Waals surface area contributed by atoms with Crippen molar-refractivity contribution < 1.29 is 25.8 Å². The second kappa shape index (κ2) is 17.3.